The lowest BCUT2D eigenvalue weighted by Crippen LogP contribution is -2.18. The van der Waals surface area contributed by atoms with Crippen molar-refractivity contribution in [1.29, 1.82) is 0 Å². The van der Waals surface area contributed by atoms with Crippen molar-refractivity contribution >= 4 is 10.9 Å². The maximum absolute atomic E-state index is 4.69. The zero-order valence-corrected chi connectivity index (χ0v) is 16.2. The number of nitrogens with one attached hydrogen (secondary N) is 1. The predicted molar refractivity (Wildman–Crippen MR) is 107 cm³/mol. The normalized spacial score (nSPS) is 12.7. The van der Waals surface area contributed by atoms with Gasteiger partial charge in [-0.15, -0.1) is 0 Å². The molecule has 0 aliphatic carbocycles. The molecule has 3 rings (SSSR count). The monoisotopic (exact) mass is 334 g/mol. The van der Waals surface area contributed by atoms with E-state index in [4.69, 9.17) is 0 Å². The maximum atomic E-state index is 4.69. The summed E-state index contributed by atoms with van der Waals surface area (Å²) >= 11 is 0. The highest BCUT2D eigenvalue weighted by Crippen LogP contribution is 2.30. The van der Waals surface area contributed by atoms with Crippen LogP contribution in [0.5, 0.6) is 0 Å². The second-order valence-electron chi connectivity index (χ2n) is 9.27. The number of pyridine rings is 1. The minimum atomic E-state index is 0.193. The smallest absolute Gasteiger partial charge is 0.0456 e. The van der Waals surface area contributed by atoms with E-state index < -0.39 is 0 Å². The molecule has 3 aromatic rings. The Kier molecular flexibility index (Phi) is 4.73. The number of rotatable bonds is 5. The predicted octanol–water partition coefficient (Wildman–Crippen LogP) is 5.96. The van der Waals surface area contributed by atoms with Gasteiger partial charge in [0.2, 0.25) is 0 Å². The van der Waals surface area contributed by atoms with Crippen LogP contribution < -0.4 is 0 Å². The van der Waals surface area contributed by atoms with E-state index in [0.717, 1.165) is 19.3 Å². The number of hydrogen-bond acceptors (Lipinski definition) is 1. The summed E-state index contributed by atoms with van der Waals surface area (Å²) in [5.74, 6) is 0. The molecule has 2 aromatic heterocycles. The summed E-state index contributed by atoms with van der Waals surface area (Å²) in [5.41, 5.74) is 5.61. The summed E-state index contributed by atoms with van der Waals surface area (Å²) in [6, 6.07) is 13.0. The third-order valence-corrected chi connectivity index (χ3v) is 4.62. The second kappa shape index (κ2) is 6.67. The quantitative estimate of drug-likeness (QED) is 0.612. The number of aromatic amines is 1. The van der Waals surface area contributed by atoms with Crippen LogP contribution in [0.15, 0.2) is 48.8 Å². The van der Waals surface area contributed by atoms with Crippen LogP contribution in [-0.2, 0) is 19.3 Å². The number of hydrogen-bond donors (Lipinski definition) is 1. The summed E-state index contributed by atoms with van der Waals surface area (Å²) in [6.07, 6.45) is 7.34. The fourth-order valence-electron chi connectivity index (χ4n) is 3.62. The molecule has 1 aromatic carbocycles. The SMILES string of the molecule is CC(C)(C)Cc1ccc(CC(C)(C)Cc2c[nH]c3ccccc23)cn1. The topological polar surface area (TPSA) is 28.7 Å². The molecular formula is C23H30N2. The van der Waals surface area contributed by atoms with Crippen LogP contribution in [0.1, 0.15) is 51.4 Å². The Hall–Kier alpha value is -2.09. The standard InChI is InChI=1S/C23H30N2/c1-22(2,3)14-19-11-10-17(15-24-19)12-23(4,5)13-18-16-25-21-9-7-6-8-20(18)21/h6-11,15-16,25H,12-14H2,1-5H3. The molecule has 0 saturated carbocycles. The van der Waals surface area contributed by atoms with Gasteiger partial charge in [0, 0.05) is 29.0 Å². The number of H-pyrrole nitrogens is 1. The lowest BCUT2D eigenvalue weighted by atomic mass is 9.80. The van der Waals surface area contributed by atoms with Gasteiger partial charge >= 0.3 is 0 Å². The molecule has 132 valence electrons. The van der Waals surface area contributed by atoms with E-state index >= 15 is 0 Å². The Morgan fingerprint density at radius 3 is 2.32 bits per heavy atom. The molecule has 0 radical (unpaired) electrons. The highest BCUT2D eigenvalue weighted by atomic mass is 14.7. The summed E-state index contributed by atoms with van der Waals surface area (Å²) in [6.45, 7) is 11.5. The van der Waals surface area contributed by atoms with E-state index in [0.29, 0.717) is 0 Å². The van der Waals surface area contributed by atoms with E-state index in [-0.39, 0.29) is 10.8 Å². The first kappa shape index (κ1) is 17.7. The molecule has 0 saturated heterocycles. The molecule has 2 nitrogen and oxygen atoms in total. The van der Waals surface area contributed by atoms with Crippen molar-refractivity contribution < 1.29 is 0 Å². The van der Waals surface area contributed by atoms with Gasteiger partial charge in [-0.2, -0.15) is 0 Å². The molecule has 2 heterocycles. The van der Waals surface area contributed by atoms with Crippen molar-refractivity contribution in [2.24, 2.45) is 10.8 Å². The Balaban J connectivity index is 1.70. The van der Waals surface area contributed by atoms with Crippen LogP contribution in [0.4, 0.5) is 0 Å². The Morgan fingerprint density at radius 1 is 0.880 bits per heavy atom. The van der Waals surface area contributed by atoms with Gasteiger partial charge in [0.1, 0.15) is 0 Å². The molecule has 25 heavy (non-hydrogen) atoms. The largest absolute Gasteiger partial charge is 0.361 e. The van der Waals surface area contributed by atoms with Crippen molar-refractivity contribution in [3.05, 3.63) is 65.6 Å². The molecule has 1 N–H and O–H groups in total. The van der Waals surface area contributed by atoms with E-state index in [9.17, 15) is 0 Å². The number of benzene rings is 1. The third-order valence-electron chi connectivity index (χ3n) is 4.62. The van der Waals surface area contributed by atoms with E-state index in [1.54, 1.807) is 0 Å². The molecule has 0 spiro atoms. The third kappa shape index (κ3) is 4.72. The number of para-hydroxylation sites is 1. The van der Waals surface area contributed by atoms with Crippen LogP contribution in [0.3, 0.4) is 0 Å². The van der Waals surface area contributed by atoms with Crippen LogP contribution in [0, 0.1) is 10.8 Å². The van der Waals surface area contributed by atoms with Crippen LogP contribution in [-0.4, -0.2) is 9.97 Å². The summed E-state index contributed by atoms with van der Waals surface area (Å²) in [5, 5.41) is 1.34. The first-order valence-corrected chi connectivity index (χ1v) is 9.21. The molecular weight excluding hydrogens is 304 g/mol. The Labute approximate surface area is 151 Å². The number of aromatic nitrogens is 2. The summed E-state index contributed by atoms with van der Waals surface area (Å²) < 4.78 is 0. The Morgan fingerprint density at radius 2 is 1.64 bits per heavy atom. The first-order valence-electron chi connectivity index (χ1n) is 9.21. The van der Waals surface area contributed by atoms with Gasteiger partial charge in [-0.1, -0.05) is 58.9 Å². The average Bonchev–Trinajstić information content (AvgIpc) is 2.90. The van der Waals surface area contributed by atoms with Crippen LogP contribution >= 0.6 is 0 Å². The minimum Gasteiger partial charge on any atom is -0.361 e. The van der Waals surface area contributed by atoms with E-state index in [1.807, 2.05) is 0 Å². The van der Waals surface area contributed by atoms with Gasteiger partial charge in [-0.3, -0.25) is 4.98 Å². The average molecular weight is 335 g/mol. The highest BCUT2D eigenvalue weighted by molar-refractivity contribution is 5.83. The van der Waals surface area contributed by atoms with Gasteiger partial charge in [-0.25, -0.2) is 0 Å². The summed E-state index contributed by atoms with van der Waals surface area (Å²) in [4.78, 5) is 8.08. The maximum Gasteiger partial charge on any atom is 0.0456 e. The zero-order chi connectivity index (χ0) is 18.1. The van der Waals surface area contributed by atoms with Gasteiger partial charge in [0.05, 0.1) is 0 Å². The molecule has 0 unspecified atom stereocenters. The molecule has 0 atom stereocenters. The fourth-order valence-corrected chi connectivity index (χ4v) is 3.62. The summed E-state index contributed by atoms with van der Waals surface area (Å²) in [7, 11) is 0. The molecule has 0 amide bonds. The number of nitrogens with zero attached hydrogens (tertiary/aromatic N) is 1. The first-order chi connectivity index (χ1) is 11.7. The zero-order valence-electron chi connectivity index (χ0n) is 16.2. The molecule has 0 aliphatic rings. The van der Waals surface area contributed by atoms with Gasteiger partial charge in [0.25, 0.3) is 0 Å². The van der Waals surface area contributed by atoms with Gasteiger partial charge in [-0.05, 0) is 53.4 Å². The molecule has 0 aliphatic heterocycles. The number of fused-ring (bicyclic) bond motifs is 1. The molecule has 0 fully saturated rings. The van der Waals surface area contributed by atoms with E-state index in [2.05, 4.69) is 93.4 Å². The van der Waals surface area contributed by atoms with E-state index in [1.165, 1.54) is 27.7 Å². The Bertz CT molecular complexity index is 832. The lowest BCUT2D eigenvalue weighted by Gasteiger charge is -2.25. The molecule has 0 bridgehead atoms. The molecule has 2 heteroatoms. The highest BCUT2D eigenvalue weighted by Gasteiger charge is 2.21. The van der Waals surface area contributed by atoms with Crippen LogP contribution in [0.25, 0.3) is 10.9 Å². The second-order valence-corrected chi connectivity index (χ2v) is 9.27. The fraction of sp³-hybridized carbons (Fsp3) is 0.435. The van der Waals surface area contributed by atoms with Crippen molar-refractivity contribution in [1.82, 2.24) is 9.97 Å². The van der Waals surface area contributed by atoms with Crippen molar-refractivity contribution in [2.45, 2.75) is 53.9 Å². The van der Waals surface area contributed by atoms with Gasteiger partial charge in [0.15, 0.2) is 0 Å². The minimum absolute atomic E-state index is 0.193. The van der Waals surface area contributed by atoms with Crippen molar-refractivity contribution in [3.63, 3.8) is 0 Å². The van der Waals surface area contributed by atoms with Crippen LogP contribution in [0.2, 0.25) is 0 Å². The van der Waals surface area contributed by atoms with Crippen molar-refractivity contribution in [2.75, 3.05) is 0 Å². The lowest BCUT2D eigenvalue weighted by molar-refractivity contribution is 0.361. The van der Waals surface area contributed by atoms with Gasteiger partial charge < -0.3 is 4.98 Å². The van der Waals surface area contributed by atoms with Crippen molar-refractivity contribution in [3.8, 4) is 0 Å².